The van der Waals surface area contributed by atoms with Gasteiger partial charge in [0.15, 0.2) is 0 Å². The number of rotatable bonds is 4. The Bertz CT molecular complexity index is 1770. The van der Waals surface area contributed by atoms with Gasteiger partial charge in [0.1, 0.15) is 17.2 Å². The van der Waals surface area contributed by atoms with E-state index in [0.29, 0.717) is 0 Å². The van der Waals surface area contributed by atoms with Gasteiger partial charge < -0.3 is 4.74 Å². The van der Waals surface area contributed by atoms with E-state index in [1.165, 1.54) is 5.56 Å². The highest BCUT2D eigenvalue weighted by molar-refractivity contribution is 9.10. The number of hydrazone groups is 1. The van der Waals surface area contributed by atoms with Gasteiger partial charge in [-0.15, -0.1) is 0 Å². The summed E-state index contributed by atoms with van der Waals surface area (Å²) in [6.07, 6.45) is 13.8. The van der Waals surface area contributed by atoms with Crippen LogP contribution in [0.2, 0.25) is 0 Å². The molecular weight excluding hydrogens is 580 g/mol. The topological polar surface area (TPSA) is 24.6 Å². The van der Waals surface area contributed by atoms with Gasteiger partial charge in [0.2, 0.25) is 11.8 Å². The van der Waals surface area contributed by atoms with Gasteiger partial charge in [-0.3, -0.25) is 0 Å². The fourth-order valence-electron chi connectivity index (χ4n) is 5.46. The Morgan fingerprint density at radius 1 is 0.595 bits per heavy atom. The average Bonchev–Trinajstić information content (AvgIpc) is 3.52. The van der Waals surface area contributed by atoms with E-state index >= 15 is 0 Å². The van der Waals surface area contributed by atoms with Crippen LogP contribution in [0.1, 0.15) is 34.7 Å². The van der Waals surface area contributed by atoms with Crippen LogP contribution in [0.5, 0.6) is 0 Å². The molecule has 4 aromatic rings. The first-order chi connectivity index (χ1) is 20.7. The summed E-state index contributed by atoms with van der Waals surface area (Å²) in [5.41, 5.74) is 8.87. The summed E-state index contributed by atoms with van der Waals surface area (Å²) in [6, 6.07) is 39.7. The summed E-state index contributed by atoms with van der Waals surface area (Å²) in [5, 5.41) is 5.15. The predicted octanol–water partition coefficient (Wildman–Crippen LogP) is 9.29. The van der Waals surface area contributed by atoms with E-state index in [-0.39, 0.29) is 6.04 Å². The molecule has 3 aliphatic rings. The Hall–Kier alpha value is -4.80. The molecule has 0 amide bonds. The maximum Gasteiger partial charge on any atom is 0.232 e. The largest absolute Gasteiger partial charge is 0.456 e. The first kappa shape index (κ1) is 26.1. The number of hydrogen-bond acceptors (Lipinski definition) is 2. The molecule has 2 aliphatic heterocycles. The minimum Gasteiger partial charge on any atom is -0.456 e. The van der Waals surface area contributed by atoms with Gasteiger partial charge in [0.05, 0.1) is 6.42 Å². The molecule has 2 heterocycles. The summed E-state index contributed by atoms with van der Waals surface area (Å²) in [4.78, 5) is 0. The Labute approximate surface area is 254 Å². The minimum atomic E-state index is 0.126. The van der Waals surface area contributed by atoms with Gasteiger partial charge in [-0.25, -0.2) is 0 Å². The quantitative estimate of drug-likeness (QED) is 0.212. The highest BCUT2D eigenvalue weighted by atomic mass is 79.9. The van der Waals surface area contributed by atoms with E-state index in [0.717, 1.165) is 61.7 Å². The summed E-state index contributed by atoms with van der Waals surface area (Å²) >= 11 is 3.56. The zero-order valence-electron chi connectivity index (χ0n) is 22.9. The van der Waals surface area contributed by atoms with Gasteiger partial charge >= 0.3 is 0 Å². The van der Waals surface area contributed by atoms with Crippen LogP contribution in [0.3, 0.4) is 0 Å². The number of allylic oxidation sites excluding steroid dienone is 8. The maximum absolute atomic E-state index is 6.41. The van der Waals surface area contributed by atoms with Crippen LogP contribution in [0.4, 0.5) is 0 Å². The van der Waals surface area contributed by atoms with Crippen molar-refractivity contribution in [1.29, 1.82) is 0 Å². The smallest absolute Gasteiger partial charge is 0.232 e. The fourth-order valence-corrected chi connectivity index (χ4v) is 5.73. The van der Waals surface area contributed by atoms with Crippen molar-refractivity contribution in [2.45, 2.75) is 12.5 Å². The second-order valence-electron chi connectivity index (χ2n) is 10.4. The van der Waals surface area contributed by atoms with E-state index in [4.69, 9.17) is 9.84 Å². The number of nitrogens with zero attached hydrogens (tertiary/aromatic N) is 2. The lowest BCUT2D eigenvalue weighted by Crippen LogP contribution is -2.17. The Kier molecular flexibility index (Phi) is 7.21. The van der Waals surface area contributed by atoms with Crippen molar-refractivity contribution in [3.8, 4) is 0 Å². The van der Waals surface area contributed by atoms with Gasteiger partial charge in [0, 0.05) is 38.9 Å². The van der Waals surface area contributed by atoms with Crippen molar-refractivity contribution in [3.63, 3.8) is 0 Å². The summed E-state index contributed by atoms with van der Waals surface area (Å²) in [6.45, 7) is 0. The molecule has 1 unspecified atom stereocenters. The molecule has 3 nitrogen and oxygen atoms in total. The normalized spacial score (nSPS) is 18.0. The lowest BCUT2D eigenvalue weighted by Gasteiger charge is -2.20. The average molecular weight is 609 g/mol. The molecule has 7 rings (SSSR count). The predicted molar refractivity (Wildman–Crippen MR) is 175 cm³/mol. The molecule has 4 aromatic carbocycles. The van der Waals surface area contributed by atoms with Crippen molar-refractivity contribution in [2.75, 3.05) is 0 Å². The van der Waals surface area contributed by atoms with Crippen molar-refractivity contribution in [1.82, 2.24) is 0 Å². The lowest BCUT2D eigenvalue weighted by atomic mass is 9.96. The highest BCUT2D eigenvalue weighted by Crippen LogP contribution is 2.35. The Morgan fingerprint density at radius 3 is 1.71 bits per heavy atom. The van der Waals surface area contributed by atoms with E-state index in [1.807, 2.05) is 36.4 Å². The second-order valence-corrected chi connectivity index (χ2v) is 11.3. The van der Waals surface area contributed by atoms with Gasteiger partial charge in [0.25, 0.3) is 0 Å². The van der Waals surface area contributed by atoms with Crippen molar-refractivity contribution < 1.29 is 9.42 Å². The molecule has 4 heteroatoms. The van der Waals surface area contributed by atoms with E-state index in [9.17, 15) is 0 Å². The molecule has 0 spiro atoms. The van der Waals surface area contributed by atoms with Crippen molar-refractivity contribution in [2.24, 2.45) is 5.10 Å². The molecule has 1 aliphatic carbocycles. The van der Waals surface area contributed by atoms with Crippen LogP contribution in [-0.4, -0.2) is 16.1 Å². The molecule has 0 radical (unpaired) electrons. The van der Waals surface area contributed by atoms with Gasteiger partial charge in [-0.05, 0) is 52.7 Å². The standard InChI is InChI=1S/C38H28BrN2O/c39-33-20-16-28(17-21-33)35-26-36(29-10-4-1-5-11-29)41(40-35)34-22-18-27(19-23-34)32-24-37(30-12-6-2-7-13-30)42-38(25-32)31-14-8-3-9-15-31/h1-25,36H,26H2/q+1. The Balaban J connectivity index is 1.29. The molecule has 202 valence electrons. The zero-order valence-corrected chi connectivity index (χ0v) is 24.5. The van der Waals surface area contributed by atoms with E-state index in [2.05, 4.69) is 136 Å². The third-order valence-electron chi connectivity index (χ3n) is 7.65. The molecule has 0 aromatic heterocycles. The van der Waals surface area contributed by atoms with Crippen molar-refractivity contribution >= 4 is 38.9 Å². The zero-order chi connectivity index (χ0) is 28.3. The van der Waals surface area contributed by atoms with E-state index in [1.54, 1.807) is 0 Å². The molecule has 1 atom stereocenters. The van der Waals surface area contributed by atoms with Crippen LogP contribution in [-0.2, 0) is 4.74 Å². The van der Waals surface area contributed by atoms with E-state index < -0.39 is 0 Å². The van der Waals surface area contributed by atoms with Crippen LogP contribution in [0, 0.1) is 0 Å². The molecule has 0 bridgehead atoms. The van der Waals surface area contributed by atoms with Crippen LogP contribution < -0.4 is 0 Å². The molecular formula is C38H28BrN2O+. The SMILES string of the molecule is Brc1ccc(C2=N[N+](=C3C=CC(=C4C=C(c5ccccc5)OC(c5ccccc5)=C4)C=C3)C(c3ccccc3)C2)cc1. The van der Waals surface area contributed by atoms with Crippen LogP contribution >= 0.6 is 15.9 Å². The molecule has 0 fully saturated rings. The highest BCUT2D eigenvalue weighted by Gasteiger charge is 2.36. The van der Waals surface area contributed by atoms with Crippen LogP contribution in [0.15, 0.2) is 172 Å². The maximum atomic E-state index is 6.41. The first-order valence-corrected chi connectivity index (χ1v) is 14.9. The number of benzene rings is 4. The first-order valence-electron chi connectivity index (χ1n) is 14.1. The summed E-state index contributed by atoms with van der Waals surface area (Å²) in [5.74, 6) is 1.67. The molecule has 42 heavy (non-hydrogen) atoms. The van der Waals surface area contributed by atoms with Crippen LogP contribution in [0.25, 0.3) is 11.5 Å². The Morgan fingerprint density at radius 2 is 1.14 bits per heavy atom. The second kappa shape index (κ2) is 11.6. The summed E-state index contributed by atoms with van der Waals surface area (Å²) < 4.78 is 9.65. The molecule has 0 saturated carbocycles. The monoisotopic (exact) mass is 607 g/mol. The number of hydrogen-bond donors (Lipinski definition) is 0. The van der Waals surface area contributed by atoms with Crippen molar-refractivity contribution in [3.05, 3.63) is 190 Å². The fraction of sp³-hybridized carbons (Fsp3) is 0.0526. The third-order valence-corrected chi connectivity index (χ3v) is 8.18. The van der Waals surface area contributed by atoms with Gasteiger partial charge in [-0.1, -0.05) is 124 Å². The lowest BCUT2D eigenvalue weighted by molar-refractivity contribution is -0.566. The molecule has 0 N–H and O–H groups in total. The van der Waals surface area contributed by atoms with Gasteiger partial charge in [-0.2, -0.15) is 0 Å². The summed E-state index contributed by atoms with van der Waals surface area (Å²) in [7, 11) is 0. The number of halogens is 1. The molecule has 0 saturated heterocycles. The third kappa shape index (κ3) is 5.41. The number of ether oxygens (including phenoxy) is 1. The minimum absolute atomic E-state index is 0.126.